The number of likely N-dealkylation sites (tertiary alicyclic amines) is 1. The first-order valence-electron chi connectivity index (χ1n) is 14.3. The van der Waals surface area contributed by atoms with Crippen molar-refractivity contribution in [3.05, 3.63) is 57.6 Å². The molecule has 2 aromatic rings. The van der Waals surface area contributed by atoms with Crippen LogP contribution in [0.5, 0.6) is 11.5 Å². The number of halogens is 2. The Morgan fingerprint density at radius 3 is 2.44 bits per heavy atom. The van der Waals surface area contributed by atoms with E-state index in [2.05, 4.69) is 4.90 Å². The second kappa shape index (κ2) is 14.9. The zero-order valence-corrected chi connectivity index (χ0v) is 25.2. The Morgan fingerprint density at radius 2 is 1.78 bits per heavy atom. The average molecular weight is 606 g/mol. The number of esters is 1. The van der Waals surface area contributed by atoms with Gasteiger partial charge in [-0.25, -0.2) is 0 Å². The summed E-state index contributed by atoms with van der Waals surface area (Å²) in [7, 11) is 1.58. The van der Waals surface area contributed by atoms with Crippen molar-refractivity contribution >= 4 is 41.0 Å². The second-order valence-corrected chi connectivity index (χ2v) is 11.4. The van der Waals surface area contributed by atoms with E-state index in [-0.39, 0.29) is 56.2 Å². The van der Waals surface area contributed by atoms with Crippen molar-refractivity contribution in [1.29, 1.82) is 0 Å². The van der Waals surface area contributed by atoms with Crippen molar-refractivity contribution in [2.45, 2.75) is 64.5 Å². The largest absolute Gasteiger partial charge is 0.493 e. The summed E-state index contributed by atoms with van der Waals surface area (Å²) in [5.41, 5.74) is 1.82. The molecule has 2 fully saturated rings. The van der Waals surface area contributed by atoms with Crippen LogP contribution in [0.25, 0.3) is 0 Å². The van der Waals surface area contributed by atoms with Crippen molar-refractivity contribution < 1.29 is 28.6 Å². The number of hydrogen-bond acceptors (Lipinski definition) is 7. The van der Waals surface area contributed by atoms with Crippen molar-refractivity contribution in [2.24, 2.45) is 5.92 Å². The SMILES string of the molecule is CCOC(=O)CC(c1ccc(Cl)cc1Cl)N(Cc1ccc(OCCN2C(=O)CCC2=O)c(OC)c1)CC1CCCC1. The van der Waals surface area contributed by atoms with Crippen molar-refractivity contribution in [3.8, 4) is 11.5 Å². The highest BCUT2D eigenvalue weighted by Gasteiger charge is 2.30. The standard InChI is InChI=1S/C31H38Cl2N2O6/c1-3-40-31(38)18-26(24-10-9-23(32)17-25(24)33)34(19-21-6-4-5-7-21)20-22-8-11-27(28(16-22)39-2)41-15-14-35-29(36)12-13-30(35)37/h8-11,16-17,21,26H,3-7,12-15,18-20H2,1-2H3. The maximum atomic E-state index is 12.8. The molecule has 1 saturated carbocycles. The molecule has 0 spiro atoms. The van der Waals surface area contributed by atoms with Crippen LogP contribution in [-0.4, -0.2) is 61.0 Å². The fraction of sp³-hybridized carbons (Fsp3) is 0.516. The highest BCUT2D eigenvalue weighted by molar-refractivity contribution is 6.35. The fourth-order valence-electron chi connectivity index (χ4n) is 5.70. The first-order chi connectivity index (χ1) is 19.8. The van der Waals surface area contributed by atoms with Crippen LogP contribution in [0.4, 0.5) is 0 Å². The molecule has 1 aliphatic carbocycles. The molecule has 1 atom stereocenters. The van der Waals surface area contributed by atoms with Crippen LogP contribution in [-0.2, 0) is 25.7 Å². The minimum Gasteiger partial charge on any atom is -0.493 e. The molecule has 2 amide bonds. The van der Waals surface area contributed by atoms with Crippen LogP contribution in [0.3, 0.4) is 0 Å². The van der Waals surface area contributed by atoms with Crippen LogP contribution < -0.4 is 9.47 Å². The first-order valence-corrected chi connectivity index (χ1v) is 15.0. The van der Waals surface area contributed by atoms with E-state index in [9.17, 15) is 14.4 Å². The van der Waals surface area contributed by atoms with E-state index in [0.29, 0.717) is 40.6 Å². The number of rotatable bonds is 14. The Kier molecular flexibility index (Phi) is 11.3. The lowest BCUT2D eigenvalue weighted by atomic mass is 9.98. The molecule has 1 aliphatic heterocycles. The first kappa shape index (κ1) is 31.1. The summed E-state index contributed by atoms with van der Waals surface area (Å²) < 4.78 is 16.9. The van der Waals surface area contributed by atoms with Gasteiger partial charge in [-0.15, -0.1) is 0 Å². The molecule has 1 heterocycles. The topological polar surface area (TPSA) is 85.4 Å². The molecule has 0 radical (unpaired) electrons. The lowest BCUT2D eigenvalue weighted by Crippen LogP contribution is -2.34. The average Bonchev–Trinajstić information content (AvgIpc) is 3.57. The van der Waals surface area contributed by atoms with Gasteiger partial charge in [-0.1, -0.05) is 48.2 Å². The maximum Gasteiger partial charge on any atom is 0.307 e. The highest BCUT2D eigenvalue weighted by atomic mass is 35.5. The Balaban J connectivity index is 1.56. The Morgan fingerprint density at radius 1 is 1.05 bits per heavy atom. The summed E-state index contributed by atoms with van der Waals surface area (Å²) in [6.45, 7) is 3.84. The summed E-state index contributed by atoms with van der Waals surface area (Å²) in [6, 6.07) is 10.8. The molecule has 4 rings (SSSR count). The smallest absolute Gasteiger partial charge is 0.307 e. The van der Waals surface area contributed by atoms with Gasteiger partial charge >= 0.3 is 5.97 Å². The van der Waals surface area contributed by atoms with Crippen LogP contribution in [0.2, 0.25) is 10.0 Å². The molecule has 8 nitrogen and oxygen atoms in total. The molecule has 1 saturated heterocycles. The minimum absolute atomic E-state index is 0.161. The van der Waals surface area contributed by atoms with Gasteiger partial charge < -0.3 is 14.2 Å². The quantitative estimate of drug-likeness (QED) is 0.187. The van der Waals surface area contributed by atoms with Gasteiger partial charge in [-0.2, -0.15) is 0 Å². The van der Waals surface area contributed by atoms with E-state index in [4.69, 9.17) is 37.4 Å². The fourth-order valence-corrected chi connectivity index (χ4v) is 6.23. The molecule has 0 bridgehead atoms. The summed E-state index contributed by atoms with van der Waals surface area (Å²) in [5.74, 6) is 0.987. The predicted octanol–water partition coefficient (Wildman–Crippen LogP) is 6.22. The van der Waals surface area contributed by atoms with Gasteiger partial charge in [0.25, 0.3) is 0 Å². The van der Waals surface area contributed by atoms with Gasteiger partial charge in [0.05, 0.1) is 26.7 Å². The van der Waals surface area contributed by atoms with E-state index in [0.717, 1.165) is 30.5 Å². The molecule has 2 aliphatic rings. The van der Waals surface area contributed by atoms with Crippen LogP contribution in [0.15, 0.2) is 36.4 Å². The monoisotopic (exact) mass is 604 g/mol. The summed E-state index contributed by atoms with van der Waals surface area (Å²) in [6.07, 6.45) is 5.38. The lowest BCUT2D eigenvalue weighted by molar-refractivity contribution is -0.145. The number of amides is 2. The van der Waals surface area contributed by atoms with Crippen LogP contribution >= 0.6 is 23.2 Å². The third-order valence-corrected chi connectivity index (χ3v) is 8.30. The van der Waals surface area contributed by atoms with E-state index >= 15 is 0 Å². The molecule has 2 aromatic carbocycles. The van der Waals surface area contributed by atoms with Gasteiger partial charge in [-0.3, -0.25) is 24.2 Å². The molecule has 0 aromatic heterocycles. The highest BCUT2D eigenvalue weighted by Crippen LogP contribution is 2.37. The molecule has 0 N–H and O–H groups in total. The Bertz CT molecular complexity index is 1220. The van der Waals surface area contributed by atoms with E-state index in [1.54, 1.807) is 26.2 Å². The van der Waals surface area contributed by atoms with Gasteiger partial charge in [0.15, 0.2) is 11.5 Å². The number of benzene rings is 2. The van der Waals surface area contributed by atoms with Gasteiger partial charge in [0.2, 0.25) is 11.8 Å². The van der Waals surface area contributed by atoms with Gasteiger partial charge in [-0.05, 0) is 61.1 Å². The Hall–Kier alpha value is -2.81. The maximum absolute atomic E-state index is 12.8. The van der Waals surface area contributed by atoms with E-state index in [1.165, 1.54) is 17.7 Å². The molecular weight excluding hydrogens is 567 g/mol. The number of ether oxygens (including phenoxy) is 3. The number of imide groups is 1. The third kappa shape index (κ3) is 8.37. The zero-order valence-electron chi connectivity index (χ0n) is 23.7. The molecule has 222 valence electrons. The Labute approximate surface area is 251 Å². The zero-order chi connectivity index (χ0) is 29.4. The number of nitrogens with zero attached hydrogens (tertiary/aromatic N) is 2. The predicted molar refractivity (Wildman–Crippen MR) is 157 cm³/mol. The molecular formula is C31H38Cl2N2O6. The minimum atomic E-state index is -0.308. The third-order valence-electron chi connectivity index (χ3n) is 7.74. The van der Waals surface area contributed by atoms with Crippen LogP contribution in [0.1, 0.15) is 69.0 Å². The number of carbonyl (C=O) groups excluding carboxylic acids is 3. The van der Waals surface area contributed by atoms with E-state index < -0.39 is 0 Å². The number of methoxy groups -OCH3 is 1. The summed E-state index contributed by atoms with van der Waals surface area (Å²) >= 11 is 12.9. The number of hydrogen-bond donors (Lipinski definition) is 0. The van der Waals surface area contributed by atoms with Gasteiger partial charge in [0.1, 0.15) is 6.61 Å². The van der Waals surface area contributed by atoms with Crippen molar-refractivity contribution in [1.82, 2.24) is 9.80 Å². The number of carbonyl (C=O) groups is 3. The molecule has 10 heteroatoms. The molecule has 41 heavy (non-hydrogen) atoms. The summed E-state index contributed by atoms with van der Waals surface area (Å²) in [4.78, 5) is 40.1. The molecule has 1 unspecified atom stereocenters. The van der Waals surface area contributed by atoms with E-state index in [1.807, 2.05) is 24.3 Å². The van der Waals surface area contributed by atoms with Gasteiger partial charge in [0, 0.05) is 42.0 Å². The normalized spacial score (nSPS) is 16.5. The second-order valence-electron chi connectivity index (χ2n) is 10.5. The summed E-state index contributed by atoms with van der Waals surface area (Å²) in [5, 5.41) is 1.05. The lowest BCUT2D eigenvalue weighted by Gasteiger charge is -2.34. The van der Waals surface area contributed by atoms with Crippen LogP contribution in [0, 0.1) is 5.92 Å². The van der Waals surface area contributed by atoms with Crippen molar-refractivity contribution in [3.63, 3.8) is 0 Å². The van der Waals surface area contributed by atoms with Crippen molar-refractivity contribution in [2.75, 3.05) is 33.4 Å².